The number of rotatable bonds is 2. The van der Waals surface area contributed by atoms with Crippen LogP contribution in [0, 0.1) is 0 Å². The monoisotopic (exact) mass is 484 g/mol. The number of hydrogen-bond acceptors (Lipinski definition) is 2. The van der Waals surface area contributed by atoms with Crippen LogP contribution in [0.5, 0.6) is 0 Å². The molecule has 176 valence electrons. The summed E-state index contributed by atoms with van der Waals surface area (Å²) in [5, 5.41) is 7.31. The Morgan fingerprint density at radius 1 is 0.474 bits per heavy atom. The summed E-state index contributed by atoms with van der Waals surface area (Å²) >= 11 is 0. The molecule has 38 heavy (non-hydrogen) atoms. The van der Waals surface area contributed by atoms with Crippen LogP contribution in [0.3, 0.4) is 0 Å². The van der Waals surface area contributed by atoms with Gasteiger partial charge in [-0.2, -0.15) is 0 Å². The molecule has 0 unspecified atom stereocenters. The van der Waals surface area contributed by atoms with Crippen LogP contribution < -0.4 is 0 Å². The van der Waals surface area contributed by atoms with Gasteiger partial charge in [0, 0.05) is 50.1 Å². The van der Waals surface area contributed by atoms with Crippen molar-refractivity contribution >= 4 is 60.0 Å². The van der Waals surface area contributed by atoms with E-state index in [2.05, 4.69) is 100 Å². The number of para-hydroxylation sites is 1. The molecule has 4 aromatic heterocycles. The molecule has 0 bridgehead atoms. The van der Waals surface area contributed by atoms with Crippen molar-refractivity contribution in [2.75, 3.05) is 0 Å². The summed E-state index contributed by atoms with van der Waals surface area (Å²) in [6.45, 7) is 0. The van der Waals surface area contributed by atoms with E-state index < -0.39 is 0 Å². The van der Waals surface area contributed by atoms with E-state index in [0.29, 0.717) is 0 Å². The lowest BCUT2D eigenvalue weighted by molar-refractivity contribution is 0.669. The Morgan fingerprint density at radius 3 is 2.08 bits per heavy atom. The lowest BCUT2D eigenvalue weighted by Crippen LogP contribution is -1.84. The maximum Gasteiger partial charge on any atom is 0.137 e. The van der Waals surface area contributed by atoms with Gasteiger partial charge in [0.2, 0.25) is 0 Å². The van der Waals surface area contributed by atoms with Crippen LogP contribution in [0.25, 0.3) is 82.4 Å². The zero-order chi connectivity index (χ0) is 24.8. The van der Waals surface area contributed by atoms with Crippen LogP contribution in [0.2, 0.25) is 0 Å². The zero-order valence-corrected chi connectivity index (χ0v) is 20.3. The Balaban J connectivity index is 1.47. The van der Waals surface area contributed by atoms with Gasteiger partial charge >= 0.3 is 0 Å². The molecule has 0 radical (unpaired) electrons. The van der Waals surface area contributed by atoms with Crippen LogP contribution >= 0.6 is 0 Å². The van der Waals surface area contributed by atoms with Gasteiger partial charge < -0.3 is 8.82 Å². The van der Waals surface area contributed by atoms with Crippen molar-refractivity contribution in [1.82, 2.24) is 9.38 Å². The molecule has 0 aliphatic carbocycles. The summed E-state index contributed by atoms with van der Waals surface area (Å²) in [5.74, 6) is 0. The predicted octanol–water partition coefficient (Wildman–Crippen LogP) is 9.47. The van der Waals surface area contributed by atoms with Crippen LogP contribution in [0.4, 0.5) is 0 Å². The molecule has 0 amide bonds. The average Bonchev–Trinajstić information content (AvgIpc) is 3.62. The summed E-state index contributed by atoms with van der Waals surface area (Å²) in [5.41, 5.74) is 10.0. The molecular weight excluding hydrogens is 464 g/mol. The van der Waals surface area contributed by atoms with Crippen molar-refractivity contribution < 1.29 is 4.42 Å². The summed E-state index contributed by atoms with van der Waals surface area (Å²) in [4.78, 5) is 4.61. The van der Waals surface area contributed by atoms with Crippen LogP contribution in [-0.2, 0) is 0 Å². The fourth-order valence-electron chi connectivity index (χ4n) is 6.25. The Labute approximate surface area is 217 Å². The van der Waals surface area contributed by atoms with Gasteiger partial charge in [0.25, 0.3) is 0 Å². The van der Waals surface area contributed by atoms with Gasteiger partial charge in [-0.1, -0.05) is 60.7 Å². The molecule has 0 saturated carbocycles. The van der Waals surface area contributed by atoms with E-state index in [1.54, 1.807) is 0 Å². The maximum atomic E-state index is 6.31. The predicted molar refractivity (Wildman–Crippen MR) is 157 cm³/mol. The quantitative estimate of drug-likeness (QED) is 0.245. The first-order chi connectivity index (χ1) is 18.8. The van der Waals surface area contributed by atoms with Crippen LogP contribution in [-0.4, -0.2) is 9.38 Å². The minimum atomic E-state index is 0.918. The normalized spacial score (nSPS) is 12.2. The number of aromatic nitrogens is 2. The molecule has 0 saturated heterocycles. The van der Waals surface area contributed by atoms with Gasteiger partial charge in [0.15, 0.2) is 0 Å². The van der Waals surface area contributed by atoms with Crippen molar-refractivity contribution in [1.29, 1.82) is 0 Å². The summed E-state index contributed by atoms with van der Waals surface area (Å²) in [6, 6.07) is 41.0. The SMILES string of the molecule is c1ccc(-c2cc3c4cc(-c5ccccn5)ccc4n4c5cc6oc7ccccc7c6cc5c(c2)c34)cc1. The number of benzene rings is 5. The molecule has 5 aromatic carbocycles. The molecule has 3 nitrogen and oxygen atoms in total. The van der Waals surface area contributed by atoms with Gasteiger partial charge in [0.1, 0.15) is 11.2 Å². The van der Waals surface area contributed by atoms with E-state index in [9.17, 15) is 0 Å². The van der Waals surface area contributed by atoms with Crippen LogP contribution in [0.15, 0.2) is 126 Å². The van der Waals surface area contributed by atoms with Gasteiger partial charge in [-0.3, -0.25) is 4.98 Å². The third-order valence-corrected chi connectivity index (χ3v) is 7.96. The second-order valence-corrected chi connectivity index (χ2v) is 10.0. The minimum absolute atomic E-state index is 0.918. The second kappa shape index (κ2) is 7.21. The highest BCUT2D eigenvalue weighted by Crippen LogP contribution is 2.44. The second-order valence-electron chi connectivity index (χ2n) is 10.0. The van der Waals surface area contributed by atoms with Gasteiger partial charge in [-0.05, 0) is 59.7 Å². The van der Waals surface area contributed by atoms with Crippen molar-refractivity contribution in [3.8, 4) is 22.4 Å². The standard InChI is InChI=1S/C35H20N2O/c1-2-8-21(9-3-1)23-17-28-25-16-22(30-11-6-7-15-36-30)13-14-31(25)37-32-20-34-27(19-26(32)29(18-23)35(28)37)24-10-4-5-12-33(24)38-34/h1-20H. The van der Waals surface area contributed by atoms with Crippen molar-refractivity contribution in [2.24, 2.45) is 0 Å². The first-order valence-electron chi connectivity index (χ1n) is 12.9. The zero-order valence-electron chi connectivity index (χ0n) is 20.3. The fraction of sp³-hybridized carbons (Fsp3) is 0. The van der Waals surface area contributed by atoms with E-state index in [1.165, 1.54) is 49.2 Å². The highest BCUT2D eigenvalue weighted by atomic mass is 16.3. The molecular formula is C35H20N2O. The van der Waals surface area contributed by atoms with E-state index >= 15 is 0 Å². The molecule has 0 fully saturated rings. The largest absolute Gasteiger partial charge is 0.456 e. The molecule has 0 atom stereocenters. The van der Waals surface area contributed by atoms with E-state index in [4.69, 9.17) is 4.42 Å². The Morgan fingerprint density at radius 2 is 1.24 bits per heavy atom. The number of nitrogens with zero attached hydrogens (tertiary/aromatic N) is 2. The number of pyridine rings is 1. The van der Waals surface area contributed by atoms with Gasteiger partial charge in [-0.25, -0.2) is 0 Å². The minimum Gasteiger partial charge on any atom is -0.456 e. The summed E-state index contributed by atoms with van der Waals surface area (Å²) in [7, 11) is 0. The molecule has 9 rings (SSSR count). The lowest BCUT2D eigenvalue weighted by Gasteiger charge is -2.05. The maximum absolute atomic E-state index is 6.31. The first-order valence-corrected chi connectivity index (χ1v) is 12.9. The summed E-state index contributed by atoms with van der Waals surface area (Å²) < 4.78 is 8.73. The van der Waals surface area contributed by atoms with Crippen LogP contribution in [0.1, 0.15) is 0 Å². The molecule has 4 heterocycles. The average molecular weight is 485 g/mol. The Hall–Kier alpha value is -5.15. The number of fused-ring (bicyclic) bond motifs is 9. The van der Waals surface area contributed by atoms with Gasteiger partial charge in [-0.15, -0.1) is 0 Å². The van der Waals surface area contributed by atoms with Crippen molar-refractivity contribution in [2.45, 2.75) is 0 Å². The van der Waals surface area contributed by atoms with E-state index in [0.717, 1.165) is 33.2 Å². The van der Waals surface area contributed by atoms with Gasteiger partial charge in [0.05, 0.1) is 22.2 Å². The van der Waals surface area contributed by atoms with E-state index in [-0.39, 0.29) is 0 Å². The molecule has 0 spiro atoms. The Bertz CT molecular complexity index is 2330. The van der Waals surface area contributed by atoms with E-state index in [1.807, 2.05) is 30.5 Å². The molecule has 9 aromatic rings. The van der Waals surface area contributed by atoms with Crippen molar-refractivity contribution in [3.63, 3.8) is 0 Å². The van der Waals surface area contributed by atoms with Crippen molar-refractivity contribution in [3.05, 3.63) is 121 Å². The smallest absolute Gasteiger partial charge is 0.137 e. The third-order valence-electron chi connectivity index (χ3n) is 7.96. The Kier molecular flexibility index (Phi) is 3.79. The topological polar surface area (TPSA) is 30.4 Å². The molecule has 0 N–H and O–H groups in total. The molecule has 0 aliphatic heterocycles. The fourth-order valence-corrected chi connectivity index (χ4v) is 6.25. The third kappa shape index (κ3) is 2.60. The highest BCUT2D eigenvalue weighted by molar-refractivity contribution is 6.26. The molecule has 0 aliphatic rings. The first kappa shape index (κ1) is 20.0. The summed E-state index contributed by atoms with van der Waals surface area (Å²) in [6.07, 6.45) is 1.85. The number of hydrogen-bond donors (Lipinski definition) is 0. The number of furan rings is 1. The highest BCUT2D eigenvalue weighted by Gasteiger charge is 2.21. The molecule has 3 heteroatoms. The lowest BCUT2D eigenvalue weighted by atomic mass is 9.98.